The van der Waals surface area contributed by atoms with E-state index in [9.17, 15) is 13.2 Å². The van der Waals surface area contributed by atoms with Crippen LogP contribution in [0, 0.1) is 0 Å². The number of benzene rings is 3. The van der Waals surface area contributed by atoms with Gasteiger partial charge in [-0.15, -0.1) is 0 Å². The van der Waals surface area contributed by atoms with Gasteiger partial charge >= 0.3 is 0 Å². The fraction of sp³-hybridized carbons (Fsp3) is 0.125. The molecular weight excluding hydrogens is 428 g/mol. The minimum atomic E-state index is -3.64. The molecule has 160 valence electrons. The molecule has 0 radical (unpaired) electrons. The Balaban J connectivity index is 1.44. The Bertz CT molecular complexity index is 1100. The zero-order chi connectivity index (χ0) is 21.9. The van der Waals surface area contributed by atoms with Crippen LogP contribution in [0.15, 0.2) is 90.3 Å². The van der Waals surface area contributed by atoms with E-state index in [1.165, 1.54) is 11.6 Å². The second-order valence-corrected chi connectivity index (χ2v) is 9.40. The topological polar surface area (TPSA) is 75.3 Å². The lowest BCUT2D eigenvalue weighted by atomic mass is 10.2. The van der Waals surface area contributed by atoms with Crippen molar-refractivity contribution in [2.45, 2.75) is 5.75 Å². The third-order valence-corrected chi connectivity index (χ3v) is 6.33. The fourth-order valence-corrected chi connectivity index (χ4v) is 4.41. The van der Waals surface area contributed by atoms with Gasteiger partial charge < -0.3 is 5.32 Å². The zero-order valence-electron chi connectivity index (χ0n) is 16.9. The number of carbonyl (C=O) groups excluding carboxylic acids is 1. The Morgan fingerprint density at radius 1 is 0.871 bits per heavy atom. The molecule has 0 aliphatic heterocycles. The summed E-state index contributed by atoms with van der Waals surface area (Å²) in [6.07, 6.45) is 1.53. The van der Waals surface area contributed by atoms with E-state index in [2.05, 4.69) is 22.2 Å². The lowest BCUT2D eigenvalue weighted by Crippen LogP contribution is -2.25. The quantitative estimate of drug-likeness (QED) is 0.435. The molecular formula is C24H24N2O3S2. The van der Waals surface area contributed by atoms with Crippen molar-refractivity contribution in [3.8, 4) is 0 Å². The maximum atomic E-state index is 12.3. The fourth-order valence-electron chi connectivity index (χ4n) is 2.72. The van der Waals surface area contributed by atoms with Crippen LogP contribution in [0.1, 0.15) is 21.5 Å². The number of rotatable bonds is 10. The van der Waals surface area contributed by atoms with E-state index in [1.54, 1.807) is 36.0 Å². The van der Waals surface area contributed by atoms with Crippen LogP contribution in [0.4, 0.5) is 5.69 Å². The van der Waals surface area contributed by atoms with Crippen molar-refractivity contribution < 1.29 is 13.2 Å². The first-order valence-corrected chi connectivity index (χ1v) is 12.5. The molecule has 0 aromatic heterocycles. The molecule has 0 spiro atoms. The third kappa shape index (κ3) is 7.96. The van der Waals surface area contributed by atoms with E-state index < -0.39 is 10.0 Å². The summed E-state index contributed by atoms with van der Waals surface area (Å²) in [6, 6.07) is 25.7. The highest BCUT2D eigenvalue weighted by Gasteiger charge is 2.08. The number of nitrogens with one attached hydrogen (secondary N) is 2. The lowest BCUT2D eigenvalue weighted by molar-refractivity contribution is 0.0956. The molecule has 3 aromatic carbocycles. The molecule has 31 heavy (non-hydrogen) atoms. The van der Waals surface area contributed by atoms with Gasteiger partial charge in [0.25, 0.3) is 15.9 Å². The molecule has 2 N–H and O–H groups in total. The maximum Gasteiger partial charge on any atom is 0.255 e. The lowest BCUT2D eigenvalue weighted by Gasteiger charge is -2.08. The van der Waals surface area contributed by atoms with Gasteiger partial charge in [0.05, 0.1) is 5.41 Å². The number of thioether (sulfide) groups is 1. The van der Waals surface area contributed by atoms with Gasteiger partial charge in [0.15, 0.2) is 0 Å². The van der Waals surface area contributed by atoms with E-state index in [0.717, 1.165) is 22.5 Å². The Hall–Kier alpha value is -3.03. The number of hydrogen-bond donors (Lipinski definition) is 2. The summed E-state index contributed by atoms with van der Waals surface area (Å²) in [6.45, 7) is 0.564. The molecule has 7 heteroatoms. The van der Waals surface area contributed by atoms with Crippen LogP contribution < -0.4 is 10.0 Å². The number of hydrogen-bond acceptors (Lipinski definition) is 4. The van der Waals surface area contributed by atoms with Gasteiger partial charge in [0.2, 0.25) is 0 Å². The summed E-state index contributed by atoms with van der Waals surface area (Å²) in [4.78, 5) is 12.3. The number of anilines is 1. The molecule has 0 aliphatic rings. The SMILES string of the molecule is O=C(NCCSCc1ccccc1)c1ccc(NS(=O)(=O)/C=C\c2ccccc2)cc1. The van der Waals surface area contributed by atoms with Gasteiger partial charge in [0, 0.05) is 29.3 Å². The highest BCUT2D eigenvalue weighted by molar-refractivity contribution is 7.98. The van der Waals surface area contributed by atoms with Crippen molar-refractivity contribution in [3.63, 3.8) is 0 Å². The minimum absolute atomic E-state index is 0.182. The second-order valence-electron chi connectivity index (χ2n) is 6.73. The first-order chi connectivity index (χ1) is 15.0. The van der Waals surface area contributed by atoms with Gasteiger partial charge in [0.1, 0.15) is 0 Å². The van der Waals surface area contributed by atoms with E-state index in [0.29, 0.717) is 17.8 Å². The van der Waals surface area contributed by atoms with Crippen molar-refractivity contribution in [1.29, 1.82) is 0 Å². The van der Waals surface area contributed by atoms with E-state index in [-0.39, 0.29) is 5.91 Å². The van der Waals surface area contributed by atoms with E-state index in [4.69, 9.17) is 0 Å². The molecule has 1 amide bonds. The standard InChI is InChI=1S/C24H24N2O3S2/c27-24(25-16-17-30-19-21-9-5-2-6-10-21)22-11-13-23(14-12-22)26-31(28,29)18-15-20-7-3-1-4-8-20/h1-15,18,26H,16-17,19H2,(H,25,27)/b18-15-. The number of carbonyl (C=O) groups is 1. The molecule has 0 saturated carbocycles. The van der Waals surface area contributed by atoms with Crippen LogP contribution in [0.2, 0.25) is 0 Å². The predicted molar refractivity (Wildman–Crippen MR) is 129 cm³/mol. The Morgan fingerprint density at radius 3 is 2.19 bits per heavy atom. The summed E-state index contributed by atoms with van der Waals surface area (Å²) in [7, 11) is -3.64. The summed E-state index contributed by atoms with van der Waals surface area (Å²) >= 11 is 1.76. The zero-order valence-corrected chi connectivity index (χ0v) is 18.5. The molecule has 0 unspecified atom stereocenters. The molecule has 0 fully saturated rings. The average molecular weight is 453 g/mol. The normalized spacial score (nSPS) is 11.4. The third-order valence-electron chi connectivity index (χ3n) is 4.29. The van der Waals surface area contributed by atoms with Crippen LogP contribution in [0.5, 0.6) is 0 Å². The van der Waals surface area contributed by atoms with Crippen molar-refractivity contribution in [3.05, 3.63) is 107 Å². The molecule has 0 saturated heterocycles. The highest BCUT2D eigenvalue weighted by atomic mass is 32.2. The summed E-state index contributed by atoms with van der Waals surface area (Å²) in [5.41, 5.74) is 2.93. The first-order valence-electron chi connectivity index (χ1n) is 9.78. The van der Waals surface area contributed by atoms with Crippen molar-refractivity contribution in [2.75, 3.05) is 17.0 Å². The Kier molecular flexibility index (Phi) is 8.32. The highest BCUT2D eigenvalue weighted by Crippen LogP contribution is 2.14. The summed E-state index contributed by atoms with van der Waals surface area (Å²) < 4.78 is 26.9. The molecule has 0 aliphatic carbocycles. The molecule has 0 bridgehead atoms. The van der Waals surface area contributed by atoms with Crippen LogP contribution in [-0.2, 0) is 15.8 Å². The largest absolute Gasteiger partial charge is 0.351 e. The van der Waals surface area contributed by atoms with Crippen molar-refractivity contribution >= 4 is 39.5 Å². The van der Waals surface area contributed by atoms with Gasteiger partial charge in [-0.3, -0.25) is 9.52 Å². The van der Waals surface area contributed by atoms with Crippen LogP contribution >= 0.6 is 11.8 Å². The van der Waals surface area contributed by atoms with E-state index >= 15 is 0 Å². The predicted octanol–water partition coefficient (Wildman–Crippen LogP) is 4.76. The van der Waals surface area contributed by atoms with Gasteiger partial charge in [-0.1, -0.05) is 60.7 Å². The summed E-state index contributed by atoms with van der Waals surface area (Å²) in [5, 5.41) is 4.00. The number of amides is 1. The molecule has 3 aromatic rings. The minimum Gasteiger partial charge on any atom is -0.351 e. The Labute approximate surface area is 187 Å². The maximum absolute atomic E-state index is 12.3. The molecule has 5 nitrogen and oxygen atoms in total. The van der Waals surface area contributed by atoms with Crippen LogP contribution in [0.3, 0.4) is 0 Å². The van der Waals surface area contributed by atoms with Crippen molar-refractivity contribution in [1.82, 2.24) is 5.32 Å². The van der Waals surface area contributed by atoms with Gasteiger partial charge in [-0.25, -0.2) is 8.42 Å². The summed E-state index contributed by atoms with van der Waals surface area (Å²) in [5.74, 6) is 1.54. The second kappa shape index (κ2) is 11.4. The van der Waals surface area contributed by atoms with E-state index in [1.807, 2.05) is 48.5 Å². The smallest absolute Gasteiger partial charge is 0.255 e. The van der Waals surface area contributed by atoms with Gasteiger partial charge in [-0.2, -0.15) is 11.8 Å². The first kappa shape index (κ1) is 22.7. The van der Waals surface area contributed by atoms with Crippen LogP contribution in [0.25, 0.3) is 6.08 Å². The van der Waals surface area contributed by atoms with Crippen molar-refractivity contribution in [2.24, 2.45) is 0 Å². The number of sulfonamides is 1. The Morgan fingerprint density at radius 2 is 1.52 bits per heavy atom. The molecule has 0 heterocycles. The van der Waals surface area contributed by atoms with Crippen LogP contribution in [-0.4, -0.2) is 26.6 Å². The van der Waals surface area contributed by atoms with Gasteiger partial charge in [-0.05, 0) is 41.5 Å². The monoisotopic (exact) mass is 452 g/mol. The molecule has 0 atom stereocenters. The molecule has 3 rings (SSSR count). The average Bonchev–Trinajstić information content (AvgIpc) is 2.79.